The van der Waals surface area contributed by atoms with Crippen LogP contribution in [0.4, 0.5) is 15.2 Å². The molecule has 0 radical (unpaired) electrons. The van der Waals surface area contributed by atoms with Crippen molar-refractivity contribution in [2.45, 2.75) is 0 Å². The number of rotatable bonds is 2. The van der Waals surface area contributed by atoms with Crippen LogP contribution in [0.3, 0.4) is 0 Å². The van der Waals surface area contributed by atoms with Crippen molar-refractivity contribution < 1.29 is 4.39 Å². The molecule has 0 saturated heterocycles. The quantitative estimate of drug-likeness (QED) is 0.889. The second kappa shape index (κ2) is 4.54. The molecule has 2 rings (SSSR count). The van der Waals surface area contributed by atoms with Crippen LogP contribution in [0.15, 0.2) is 26.6 Å². The van der Waals surface area contributed by atoms with Crippen LogP contribution in [0.2, 0.25) is 0 Å². The van der Waals surface area contributed by atoms with Crippen LogP contribution in [0.1, 0.15) is 0 Å². The lowest BCUT2D eigenvalue weighted by Gasteiger charge is -2.03. The van der Waals surface area contributed by atoms with E-state index in [1.165, 1.54) is 17.4 Å². The number of nitrogens with one attached hydrogen (secondary N) is 1. The molecular formula is C8H4Br2FN3S. The molecule has 0 aliphatic rings. The van der Waals surface area contributed by atoms with Crippen LogP contribution < -0.4 is 5.32 Å². The largest absolute Gasteiger partial charge is 0.328 e. The zero-order chi connectivity index (χ0) is 10.8. The molecule has 0 aliphatic carbocycles. The molecule has 0 atom stereocenters. The average molecular weight is 353 g/mol. The standard InChI is InChI=1S/C8H4Br2FN3S/c9-4-1-2-5(11)6(3-4)12-8-14-13-7(10)15-8/h1-3H,(H,12,14). The number of hydrogen-bond donors (Lipinski definition) is 1. The summed E-state index contributed by atoms with van der Waals surface area (Å²) in [6.45, 7) is 0. The Labute approximate surface area is 106 Å². The fourth-order valence-electron chi connectivity index (χ4n) is 0.964. The molecular weight excluding hydrogens is 349 g/mol. The van der Waals surface area contributed by atoms with Crippen molar-refractivity contribution in [3.05, 3.63) is 32.4 Å². The fourth-order valence-corrected chi connectivity index (χ4v) is 2.35. The van der Waals surface area contributed by atoms with E-state index in [-0.39, 0.29) is 5.82 Å². The van der Waals surface area contributed by atoms with Gasteiger partial charge in [-0.25, -0.2) is 4.39 Å². The molecule has 78 valence electrons. The first kappa shape index (κ1) is 11.0. The van der Waals surface area contributed by atoms with Crippen LogP contribution in [0, 0.1) is 5.82 Å². The summed E-state index contributed by atoms with van der Waals surface area (Å²) in [6, 6.07) is 4.66. The van der Waals surface area contributed by atoms with Crippen LogP contribution in [-0.2, 0) is 0 Å². The third kappa shape index (κ3) is 2.73. The lowest BCUT2D eigenvalue weighted by atomic mass is 10.3. The molecule has 1 N–H and O–H groups in total. The third-order valence-electron chi connectivity index (χ3n) is 1.57. The molecule has 0 aliphatic heterocycles. The molecule has 0 saturated carbocycles. The lowest BCUT2D eigenvalue weighted by molar-refractivity contribution is 0.631. The van der Waals surface area contributed by atoms with Gasteiger partial charge < -0.3 is 5.32 Å². The minimum Gasteiger partial charge on any atom is -0.328 e. The van der Waals surface area contributed by atoms with Crippen LogP contribution in [0.5, 0.6) is 0 Å². The third-order valence-corrected chi connectivity index (χ3v) is 3.33. The zero-order valence-electron chi connectivity index (χ0n) is 7.17. The number of benzene rings is 1. The van der Waals surface area contributed by atoms with Crippen molar-refractivity contribution in [3.63, 3.8) is 0 Å². The van der Waals surface area contributed by atoms with Gasteiger partial charge >= 0.3 is 0 Å². The van der Waals surface area contributed by atoms with Crippen molar-refractivity contribution in [2.24, 2.45) is 0 Å². The molecule has 2 aromatic rings. The maximum Gasteiger partial charge on any atom is 0.210 e. The highest BCUT2D eigenvalue weighted by atomic mass is 79.9. The van der Waals surface area contributed by atoms with Gasteiger partial charge in [-0.15, -0.1) is 10.2 Å². The van der Waals surface area contributed by atoms with Gasteiger partial charge in [-0.2, -0.15) is 0 Å². The van der Waals surface area contributed by atoms with Crippen molar-refractivity contribution in [1.82, 2.24) is 10.2 Å². The second-order valence-electron chi connectivity index (χ2n) is 2.61. The zero-order valence-corrected chi connectivity index (χ0v) is 11.2. The summed E-state index contributed by atoms with van der Waals surface area (Å²) in [4.78, 5) is 0. The van der Waals surface area contributed by atoms with Gasteiger partial charge in [0.05, 0.1) is 5.69 Å². The van der Waals surface area contributed by atoms with Crippen molar-refractivity contribution in [2.75, 3.05) is 5.32 Å². The Hall–Kier alpha value is -0.530. The second-order valence-corrected chi connectivity index (χ2v) is 5.78. The Balaban J connectivity index is 2.27. The molecule has 15 heavy (non-hydrogen) atoms. The fraction of sp³-hybridized carbons (Fsp3) is 0. The Bertz CT molecular complexity index is 488. The maximum atomic E-state index is 13.3. The summed E-state index contributed by atoms with van der Waals surface area (Å²) in [5.41, 5.74) is 0.369. The highest BCUT2D eigenvalue weighted by Crippen LogP contribution is 2.27. The highest BCUT2D eigenvalue weighted by molar-refractivity contribution is 9.11. The van der Waals surface area contributed by atoms with Gasteiger partial charge in [0, 0.05) is 4.47 Å². The van der Waals surface area contributed by atoms with Crippen molar-refractivity contribution in [3.8, 4) is 0 Å². The summed E-state index contributed by atoms with van der Waals surface area (Å²) in [6.07, 6.45) is 0. The summed E-state index contributed by atoms with van der Waals surface area (Å²) in [5, 5.41) is 10.9. The molecule has 0 spiro atoms. The van der Waals surface area contributed by atoms with Crippen LogP contribution >= 0.6 is 43.2 Å². The molecule has 1 aromatic carbocycles. The van der Waals surface area contributed by atoms with Crippen molar-refractivity contribution in [1.29, 1.82) is 0 Å². The minimum absolute atomic E-state index is 0.329. The Morgan fingerprint density at radius 1 is 1.27 bits per heavy atom. The predicted molar refractivity (Wildman–Crippen MR) is 65.0 cm³/mol. The number of halogens is 3. The Morgan fingerprint density at radius 3 is 2.73 bits per heavy atom. The van der Waals surface area contributed by atoms with E-state index in [1.54, 1.807) is 12.1 Å². The predicted octanol–water partition coefficient (Wildman–Crippen LogP) is 3.95. The first-order valence-corrected chi connectivity index (χ1v) is 6.26. The molecule has 0 bridgehead atoms. The summed E-state index contributed by atoms with van der Waals surface area (Å²) in [7, 11) is 0. The van der Waals surface area contributed by atoms with Gasteiger partial charge in [0.1, 0.15) is 5.82 Å². The van der Waals surface area contributed by atoms with Gasteiger partial charge in [0.15, 0.2) is 3.92 Å². The van der Waals surface area contributed by atoms with E-state index < -0.39 is 0 Å². The highest BCUT2D eigenvalue weighted by Gasteiger charge is 2.06. The van der Waals surface area contributed by atoms with Gasteiger partial charge in [-0.1, -0.05) is 27.3 Å². The van der Waals surface area contributed by atoms with Gasteiger partial charge in [-0.05, 0) is 34.1 Å². The topological polar surface area (TPSA) is 37.8 Å². The average Bonchev–Trinajstić information content (AvgIpc) is 2.58. The molecule has 7 heteroatoms. The monoisotopic (exact) mass is 351 g/mol. The smallest absolute Gasteiger partial charge is 0.210 e. The van der Waals surface area contributed by atoms with E-state index in [9.17, 15) is 4.39 Å². The van der Waals surface area contributed by atoms with E-state index in [0.29, 0.717) is 14.7 Å². The van der Waals surface area contributed by atoms with E-state index >= 15 is 0 Å². The first-order chi connectivity index (χ1) is 7.15. The van der Waals surface area contributed by atoms with Gasteiger partial charge in [0.2, 0.25) is 5.13 Å². The summed E-state index contributed by atoms with van der Waals surface area (Å²) >= 11 is 7.75. The van der Waals surface area contributed by atoms with Gasteiger partial charge in [0.25, 0.3) is 0 Å². The minimum atomic E-state index is -0.329. The summed E-state index contributed by atoms with van der Waals surface area (Å²) < 4.78 is 14.8. The van der Waals surface area contributed by atoms with Crippen molar-refractivity contribution >= 4 is 54.0 Å². The van der Waals surface area contributed by atoms with E-state index in [1.807, 2.05) is 0 Å². The van der Waals surface area contributed by atoms with E-state index in [4.69, 9.17) is 0 Å². The molecule has 3 nitrogen and oxygen atoms in total. The normalized spacial score (nSPS) is 10.3. The van der Waals surface area contributed by atoms with E-state index in [0.717, 1.165) is 4.47 Å². The number of anilines is 2. The first-order valence-electron chi connectivity index (χ1n) is 3.86. The molecule has 1 heterocycles. The van der Waals surface area contributed by atoms with Crippen LogP contribution in [0.25, 0.3) is 0 Å². The van der Waals surface area contributed by atoms with Gasteiger partial charge in [-0.3, -0.25) is 0 Å². The molecule has 0 fully saturated rings. The number of hydrogen-bond acceptors (Lipinski definition) is 4. The SMILES string of the molecule is Fc1ccc(Br)cc1Nc1nnc(Br)s1. The number of nitrogens with zero attached hydrogens (tertiary/aromatic N) is 2. The Morgan fingerprint density at radius 2 is 2.07 bits per heavy atom. The number of aromatic nitrogens is 2. The molecule has 0 unspecified atom stereocenters. The Kier molecular flexibility index (Phi) is 3.32. The van der Waals surface area contributed by atoms with Crippen LogP contribution in [-0.4, -0.2) is 10.2 Å². The van der Waals surface area contributed by atoms with E-state index in [2.05, 4.69) is 47.4 Å². The molecule has 1 aromatic heterocycles. The summed E-state index contributed by atoms with van der Waals surface area (Å²) in [5.74, 6) is -0.329. The molecule has 0 amide bonds. The maximum absolute atomic E-state index is 13.3. The lowest BCUT2D eigenvalue weighted by Crippen LogP contribution is -1.93.